The predicted molar refractivity (Wildman–Crippen MR) is 193 cm³/mol. The maximum Gasteiger partial charge on any atom is 0.137 e. The Morgan fingerprint density at radius 2 is 1.42 bits per heavy atom. The Morgan fingerprint density at radius 3 is 2.25 bits per heavy atom. The van der Waals surface area contributed by atoms with Crippen LogP contribution in [0.4, 0.5) is 0 Å². The fraction of sp³-hybridized carbons (Fsp3) is 0.0952. The van der Waals surface area contributed by atoms with Crippen molar-refractivity contribution in [3.63, 3.8) is 0 Å². The van der Waals surface area contributed by atoms with Crippen molar-refractivity contribution in [2.24, 2.45) is 0 Å². The molecule has 8 rings (SSSR count). The van der Waals surface area contributed by atoms with Crippen molar-refractivity contribution in [3.05, 3.63) is 162 Å². The molecule has 0 aliphatic rings. The number of hydrogen-bond acceptors (Lipinski definition) is 4. The van der Waals surface area contributed by atoms with Gasteiger partial charge in [0.1, 0.15) is 29.7 Å². The van der Waals surface area contributed by atoms with E-state index in [9.17, 15) is 0 Å². The predicted octanol–water partition coefficient (Wildman–Crippen LogP) is 10.3. The molecule has 0 unspecified atom stereocenters. The lowest BCUT2D eigenvalue weighted by atomic mass is 9.98. The zero-order chi connectivity index (χ0) is 32.6. The van der Waals surface area contributed by atoms with Crippen LogP contribution in [-0.4, -0.2) is 19.3 Å². The molecule has 0 radical (unpaired) electrons. The molecular formula is C42H34N4O2. The minimum atomic E-state index is 0.538. The van der Waals surface area contributed by atoms with Gasteiger partial charge < -0.3 is 9.47 Å². The summed E-state index contributed by atoms with van der Waals surface area (Å²) in [5.74, 6) is 3.23. The molecule has 0 atom stereocenters. The molecule has 234 valence electrons. The number of aromatic nitrogens is 4. The number of fused-ring (bicyclic) bond motifs is 3. The summed E-state index contributed by atoms with van der Waals surface area (Å²) in [7, 11) is 0. The van der Waals surface area contributed by atoms with Gasteiger partial charge in [0, 0.05) is 40.9 Å². The number of benzene rings is 5. The van der Waals surface area contributed by atoms with Crippen molar-refractivity contribution >= 4 is 21.8 Å². The number of pyridine rings is 1. The van der Waals surface area contributed by atoms with Crippen LogP contribution in [-0.2, 0) is 6.61 Å². The van der Waals surface area contributed by atoms with E-state index in [1.807, 2.05) is 71.7 Å². The first-order valence-electron chi connectivity index (χ1n) is 16.1. The Labute approximate surface area is 279 Å². The maximum absolute atomic E-state index is 6.47. The molecule has 6 nitrogen and oxygen atoms in total. The number of aryl methyl sites for hydroxylation is 3. The number of hydrogen-bond donors (Lipinski definition) is 0. The second-order valence-electron chi connectivity index (χ2n) is 12.2. The first-order valence-corrected chi connectivity index (χ1v) is 16.1. The molecule has 0 fully saturated rings. The molecule has 3 aromatic heterocycles. The van der Waals surface area contributed by atoms with Crippen LogP contribution in [0, 0.1) is 20.8 Å². The van der Waals surface area contributed by atoms with Gasteiger partial charge in [-0.2, -0.15) is 5.10 Å². The van der Waals surface area contributed by atoms with Crippen LogP contribution in [0.25, 0.3) is 44.4 Å². The number of nitrogens with zero attached hydrogens (tertiary/aromatic N) is 4. The van der Waals surface area contributed by atoms with E-state index in [1.54, 1.807) is 0 Å². The second-order valence-corrected chi connectivity index (χ2v) is 12.2. The van der Waals surface area contributed by atoms with Gasteiger partial charge in [-0.3, -0.25) is 4.57 Å². The number of rotatable bonds is 8. The molecule has 0 aliphatic carbocycles. The summed E-state index contributed by atoms with van der Waals surface area (Å²) < 4.78 is 16.7. The van der Waals surface area contributed by atoms with Crippen LogP contribution in [0.1, 0.15) is 22.3 Å². The van der Waals surface area contributed by atoms with Gasteiger partial charge in [0.05, 0.1) is 22.9 Å². The van der Waals surface area contributed by atoms with Crippen LogP contribution in [0.2, 0.25) is 0 Å². The summed E-state index contributed by atoms with van der Waals surface area (Å²) in [4.78, 5) is 4.71. The van der Waals surface area contributed by atoms with Crippen molar-refractivity contribution in [3.8, 4) is 39.9 Å². The van der Waals surface area contributed by atoms with Crippen molar-refractivity contribution in [1.82, 2.24) is 19.3 Å². The highest BCUT2D eigenvalue weighted by molar-refractivity contribution is 6.09. The van der Waals surface area contributed by atoms with E-state index in [0.717, 1.165) is 78.6 Å². The van der Waals surface area contributed by atoms with Gasteiger partial charge >= 0.3 is 0 Å². The molecule has 6 heteroatoms. The molecule has 0 saturated heterocycles. The highest BCUT2D eigenvalue weighted by Crippen LogP contribution is 2.36. The topological polar surface area (TPSA) is 54.1 Å². The molecule has 0 amide bonds. The van der Waals surface area contributed by atoms with E-state index < -0.39 is 0 Å². The highest BCUT2D eigenvalue weighted by atomic mass is 16.5. The van der Waals surface area contributed by atoms with Gasteiger partial charge in [-0.1, -0.05) is 54.6 Å². The molecule has 0 bridgehead atoms. The highest BCUT2D eigenvalue weighted by Gasteiger charge is 2.15. The summed E-state index contributed by atoms with van der Waals surface area (Å²) in [6.07, 6.45) is 5.84. The van der Waals surface area contributed by atoms with E-state index >= 15 is 0 Å². The normalized spacial score (nSPS) is 11.3. The molecule has 0 N–H and O–H groups in total. The van der Waals surface area contributed by atoms with Gasteiger partial charge in [0.15, 0.2) is 0 Å². The molecule has 48 heavy (non-hydrogen) atoms. The molecule has 3 heterocycles. The standard InChI is InChI=1S/C42H34N4O2/c1-28-18-19-43-41(20-28)46-39-15-8-7-14-37(39)38-17-16-35(24-40(38)46)48-34-13-9-12-33(23-34)45-26-32(25-44-45)42-29(2)21-36(22-30(42)3)47-27-31-10-5-4-6-11-31/h4-26H,27H2,1-3H3. The minimum Gasteiger partial charge on any atom is -0.489 e. The van der Waals surface area contributed by atoms with E-state index in [2.05, 4.69) is 98.3 Å². The van der Waals surface area contributed by atoms with Crippen molar-refractivity contribution in [1.29, 1.82) is 0 Å². The first-order chi connectivity index (χ1) is 23.5. The van der Waals surface area contributed by atoms with Gasteiger partial charge in [0.25, 0.3) is 0 Å². The van der Waals surface area contributed by atoms with Crippen LogP contribution < -0.4 is 9.47 Å². The SMILES string of the molecule is Cc1ccnc(-n2c3ccccc3c3ccc(Oc4cccc(-n5cc(-c6c(C)cc(OCc7ccccc7)cc6C)cn5)c4)cc32)c1. The third-order valence-electron chi connectivity index (χ3n) is 8.72. The average molecular weight is 627 g/mol. The smallest absolute Gasteiger partial charge is 0.137 e. The molecule has 0 spiro atoms. The number of ether oxygens (including phenoxy) is 2. The largest absolute Gasteiger partial charge is 0.489 e. The summed E-state index contributed by atoms with van der Waals surface area (Å²) in [5, 5.41) is 7.06. The fourth-order valence-electron chi connectivity index (χ4n) is 6.53. The molecule has 0 aliphatic heterocycles. The Bertz CT molecular complexity index is 2400. The van der Waals surface area contributed by atoms with E-state index in [4.69, 9.17) is 19.6 Å². The summed E-state index contributed by atoms with van der Waals surface area (Å²) in [6, 6.07) is 41.3. The van der Waals surface area contributed by atoms with Crippen molar-refractivity contribution in [2.75, 3.05) is 0 Å². The van der Waals surface area contributed by atoms with Crippen LogP contribution >= 0.6 is 0 Å². The lowest BCUT2D eigenvalue weighted by Gasteiger charge is -2.13. The summed E-state index contributed by atoms with van der Waals surface area (Å²) in [6.45, 7) is 6.87. The molecule has 5 aromatic carbocycles. The molecule has 8 aromatic rings. The lowest BCUT2D eigenvalue weighted by molar-refractivity contribution is 0.306. The Balaban J connectivity index is 1.07. The van der Waals surface area contributed by atoms with E-state index in [0.29, 0.717) is 6.61 Å². The molecule has 0 saturated carbocycles. The third kappa shape index (κ3) is 5.58. The molecular weight excluding hydrogens is 592 g/mol. The Hall–Kier alpha value is -6.14. The van der Waals surface area contributed by atoms with E-state index in [-0.39, 0.29) is 0 Å². The second kappa shape index (κ2) is 12.2. The fourth-order valence-corrected chi connectivity index (χ4v) is 6.53. The zero-order valence-corrected chi connectivity index (χ0v) is 27.1. The van der Waals surface area contributed by atoms with Gasteiger partial charge in [-0.05, 0) is 103 Å². The van der Waals surface area contributed by atoms with Crippen LogP contribution in [0.3, 0.4) is 0 Å². The van der Waals surface area contributed by atoms with Crippen LogP contribution in [0.15, 0.2) is 140 Å². The van der Waals surface area contributed by atoms with Crippen molar-refractivity contribution < 1.29 is 9.47 Å². The monoisotopic (exact) mass is 626 g/mol. The van der Waals surface area contributed by atoms with Crippen molar-refractivity contribution in [2.45, 2.75) is 27.4 Å². The first kappa shape index (κ1) is 29.3. The van der Waals surface area contributed by atoms with Gasteiger partial charge in [-0.25, -0.2) is 9.67 Å². The average Bonchev–Trinajstić information content (AvgIpc) is 3.71. The minimum absolute atomic E-state index is 0.538. The van der Waals surface area contributed by atoms with Gasteiger partial charge in [-0.15, -0.1) is 0 Å². The third-order valence-corrected chi connectivity index (χ3v) is 8.72. The zero-order valence-electron chi connectivity index (χ0n) is 27.1. The summed E-state index contributed by atoms with van der Waals surface area (Å²) in [5.41, 5.74) is 9.87. The van der Waals surface area contributed by atoms with Crippen LogP contribution in [0.5, 0.6) is 17.2 Å². The Morgan fingerprint density at radius 1 is 0.646 bits per heavy atom. The van der Waals surface area contributed by atoms with Gasteiger partial charge in [0.2, 0.25) is 0 Å². The Kier molecular flexibility index (Phi) is 7.46. The quantitative estimate of drug-likeness (QED) is 0.168. The number of para-hydroxylation sites is 1. The van der Waals surface area contributed by atoms with E-state index in [1.165, 1.54) is 5.39 Å². The summed E-state index contributed by atoms with van der Waals surface area (Å²) >= 11 is 0. The maximum atomic E-state index is 6.47. The lowest BCUT2D eigenvalue weighted by Crippen LogP contribution is -1.98.